The van der Waals surface area contributed by atoms with Crippen LogP contribution in [0.15, 0.2) is 54.6 Å². The maximum Gasteiger partial charge on any atom is 0.416 e. The maximum absolute atomic E-state index is 14.5. The van der Waals surface area contributed by atoms with Crippen LogP contribution in [0.2, 0.25) is 0 Å². The average molecular weight is 850 g/mol. The van der Waals surface area contributed by atoms with Crippen molar-refractivity contribution in [1.29, 1.82) is 0 Å². The van der Waals surface area contributed by atoms with Gasteiger partial charge in [0.25, 0.3) is 5.91 Å². The Balaban J connectivity index is 1.26. The van der Waals surface area contributed by atoms with E-state index in [2.05, 4.69) is 10.6 Å². The van der Waals surface area contributed by atoms with Crippen LogP contribution in [0.5, 0.6) is 0 Å². The molecule has 59 heavy (non-hydrogen) atoms. The predicted molar refractivity (Wildman–Crippen MR) is 203 cm³/mol. The first kappa shape index (κ1) is 43.4. The molecular formula is C40H47F4N5O9S. The van der Waals surface area contributed by atoms with Crippen molar-refractivity contribution in [2.75, 3.05) is 6.54 Å². The molecule has 4 aliphatic rings. The van der Waals surface area contributed by atoms with Crippen LogP contribution in [0.4, 0.5) is 27.2 Å². The van der Waals surface area contributed by atoms with E-state index in [4.69, 9.17) is 9.47 Å². The van der Waals surface area contributed by atoms with Crippen molar-refractivity contribution in [2.45, 2.75) is 120 Å². The summed E-state index contributed by atoms with van der Waals surface area (Å²) in [6.07, 6.45) is -2.09. The van der Waals surface area contributed by atoms with Crippen LogP contribution in [-0.2, 0) is 58.9 Å². The summed E-state index contributed by atoms with van der Waals surface area (Å²) in [5.74, 6) is -5.16. The SMILES string of the molecule is CC(C)(C)OC(=O)N[C@H]1CCCCC/C=C\[C@H]2C[C@@]2(C(=O)NS(=O)(=O)Cc2ccccc2C(F)(F)F)NC(=O)[C@@H]2C[C@@H](OC(=O)N3Cc4cccc(F)c4C3)CN2C1=O. The van der Waals surface area contributed by atoms with Crippen LogP contribution < -0.4 is 15.4 Å². The molecule has 2 aromatic rings. The third kappa shape index (κ3) is 10.3. The van der Waals surface area contributed by atoms with Crippen molar-refractivity contribution in [3.05, 3.63) is 82.7 Å². The van der Waals surface area contributed by atoms with E-state index in [-0.39, 0.29) is 38.9 Å². The Morgan fingerprint density at radius 3 is 2.46 bits per heavy atom. The second-order valence-corrected chi connectivity index (χ2v) is 18.1. The summed E-state index contributed by atoms with van der Waals surface area (Å²) < 4.78 is 95.1. The molecule has 2 aromatic carbocycles. The van der Waals surface area contributed by atoms with Gasteiger partial charge in [-0.1, -0.05) is 55.3 Å². The van der Waals surface area contributed by atoms with E-state index in [1.807, 2.05) is 4.72 Å². The molecule has 19 heteroatoms. The number of benzene rings is 2. The zero-order valence-electron chi connectivity index (χ0n) is 32.8. The van der Waals surface area contributed by atoms with E-state index < -0.39 is 104 Å². The Morgan fingerprint density at radius 1 is 1.00 bits per heavy atom. The highest BCUT2D eigenvalue weighted by Gasteiger charge is 2.62. The van der Waals surface area contributed by atoms with Crippen molar-refractivity contribution in [3.63, 3.8) is 0 Å². The van der Waals surface area contributed by atoms with Crippen molar-refractivity contribution >= 4 is 39.9 Å². The number of hydrogen-bond donors (Lipinski definition) is 3. The second kappa shape index (κ2) is 16.8. The minimum atomic E-state index is -4.87. The lowest BCUT2D eigenvalue weighted by Gasteiger charge is -2.30. The van der Waals surface area contributed by atoms with E-state index in [0.717, 1.165) is 23.1 Å². The van der Waals surface area contributed by atoms with Crippen molar-refractivity contribution in [3.8, 4) is 0 Å². The zero-order valence-corrected chi connectivity index (χ0v) is 33.6. The van der Waals surface area contributed by atoms with Gasteiger partial charge in [-0.15, -0.1) is 0 Å². The number of sulfonamides is 1. The van der Waals surface area contributed by atoms with E-state index in [9.17, 15) is 50.0 Å². The molecule has 1 saturated heterocycles. The monoisotopic (exact) mass is 849 g/mol. The number of ether oxygens (including phenoxy) is 2. The van der Waals surface area contributed by atoms with Crippen molar-refractivity contribution < 1.29 is 59.4 Å². The maximum atomic E-state index is 14.5. The highest BCUT2D eigenvalue weighted by atomic mass is 32.2. The summed E-state index contributed by atoms with van der Waals surface area (Å²) in [7, 11) is -4.75. The Kier molecular flexibility index (Phi) is 12.4. The molecule has 2 fully saturated rings. The molecule has 0 aromatic heterocycles. The number of nitrogens with zero attached hydrogens (tertiary/aromatic N) is 2. The summed E-state index contributed by atoms with van der Waals surface area (Å²) in [6.45, 7) is 4.63. The topological polar surface area (TPSA) is 181 Å². The lowest BCUT2D eigenvalue weighted by atomic mass is 10.0. The number of alkyl carbamates (subject to hydrolysis) is 1. The molecule has 3 N–H and O–H groups in total. The van der Waals surface area contributed by atoms with Crippen molar-refractivity contribution in [1.82, 2.24) is 25.2 Å². The van der Waals surface area contributed by atoms with Gasteiger partial charge < -0.3 is 25.0 Å². The van der Waals surface area contributed by atoms with E-state index in [0.29, 0.717) is 36.8 Å². The second-order valence-electron chi connectivity index (χ2n) is 16.4. The summed E-state index contributed by atoms with van der Waals surface area (Å²) in [5, 5.41) is 5.25. The van der Waals surface area contributed by atoms with Crippen molar-refractivity contribution in [2.24, 2.45) is 5.92 Å². The van der Waals surface area contributed by atoms with Crippen LogP contribution in [0.3, 0.4) is 0 Å². The highest BCUT2D eigenvalue weighted by Crippen LogP contribution is 2.46. The van der Waals surface area contributed by atoms with Gasteiger partial charge in [-0.25, -0.2) is 22.4 Å². The van der Waals surface area contributed by atoms with Gasteiger partial charge in [-0.05, 0) is 69.7 Å². The molecule has 6 rings (SSSR count). The zero-order chi connectivity index (χ0) is 42.9. The molecule has 0 bridgehead atoms. The predicted octanol–water partition coefficient (Wildman–Crippen LogP) is 5.20. The Hall–Kier alpha value is -5.20. The molecule has 5 atom stereocenters. The van der Waals surface area contributed by atoms with Gasteiger partial charge in [0.1, 0.15) is 35.1 Å². The fourth-order valence-corrected chi connectivity index (χ4v) is 8.94. The Labute approximate surface area is 339 Å². The lowest BCUT2D eigenvalue weighted by Crippen LogP contribution is -2.58. The number of fused-ring (bicyclic) bond motifs is 3. The molecule has 0 unspecified atom stereocenters. The fourth-order valence-electron chi connectivity index (χ4n) is 7.74. The normalized spacial score (nSPS) is 25.6. The van der Waals surface area contributed by atoms with Crippen LogP contribution in [0.25, 0.3) is 0 Å². The molecule has 1 aliphatic carbocycles. The molecular weight excluding hydrogens is 803 g/mol. The first-order chi connectivity index (χ1) is 27.7. The molecule has 14 nitrogen and oxygen atoms in total. The number of nitrogens with one attached hydrogen (secondary N) is 3. The number of alkyl halides is 3. The lowest BCUT2D eigenvalue weighted by molar-refractivity contribution is -0.141. The van der Waals surface area contributed by atoms with Crippen LogP contribution in [0.1, 0.15) is 88.0 Å². The number of carbonyl (C=O) groups is 5. The molecule has 3 aliphatic heterocycles. The Bertz CT molecular complexity index is 2130. The van der Waals surface area contributed by atoms with E-state index >= 15 is 0 Å². The molecule has 3 heterocycles. The summed E-state index contributed by atoms with van der Waals surface area (Å²) in [4.78, 5) is 71.4. The molecule has 1 saturated carbocycles. The minimum Gasteiger partial charge on any atom is -0.444 e. The minimum absolute atomic E-state index is 0.0598. The van der Waals surface area contributed by atoms with Gasteiger partial charge in [0.15, 0.2) is 0 Å². The standard InChI is InChI=1S/C40H47F4N5O9S/c1-38(2,3)58-36(53)45-31-17-8-6-4-5-7-14-26-19-39(26,35(52)47-59(55,56)23-25-12-9-10-15-29(25)40(42,43)44)46-33(50)32-18-27(21-49(32)34(31)51)57-37(54)48-20-24-13-11-16-30(41)28(24)22-48/h7,9-16,26-27,31-32H,4-6,8,17-23H2,1-3H3,(H,45,53)(H,46,50)(H,47,52)/b14-7-/t26-,27+,31-,32-,39+/m0/s1. The van der Waals surface area contributed by atoms with Crippen LogP contribution >= 0.6 is 0 Å². The first-order valence-electron chi connectivity index (χ1n) is 19.4. The van der Waals surface area contributed by atoms with Crippen LogP contribution in [-0.4, -0.2) is 84.0 Å². The average Bonchev–Trinajstić information content (AvgIpc) is 3.42. The summed E-state index contributed by atoms with van der Waals surface area (Å²) in [5.41, 5.74) is -3.63. The Morgan fingerprint density at radius 2 is 1.75 bits per heavy atom. The number of halogens is 4. The number of allylic oxidation sites excluding steroid dienone is 1. The quantitative estimate of drug-likeness (QED) is 0.260. The summed E-state index contributed by atoms with van der Waals surface area (Å²) in [6, 6.07) is 5.95. The highest BCUT2D eigenvalue weighted by molar-refractivity contribution is 7.89. The third-order valence-corrected chi connectivity index (χ3v) is 11.9. The largest absolute Gasteiger partial charge is 0.444 e. The van der Waals surface area contributed by atoms with Crippen LogP contribution in [0, 0.1) is 11.7 Å². The van der Waals surface area contributed by atoms with Gasteiger partial charge in [0, 0.05) is 24.4 Å². The number of hydrogen-bond acceptors (Lipinski definition) is 9. The van der Waals surface area contributed by atoms with E-state index in [1.165, 1.54) is 23.1 Å². The number of amides is 5. The van der Waals surface area contributed by atoms with Gasteiger partial charge in [0.05, 0.1) is 24.4 Å². The first-order valence-corrected chi connectivity index (χ1v) is 21.0. The van der Waals surface area contributed by atoms with Gasteiger partial charge in [-0.3, -0.25) is 24.0 Å². The molecule has 0 spiro atoms. The van der Waals surface area contributed by atoms with E-state index in [1.54, 1.807) is 39.0 Å². The molecule has 320 valence electrons. The number of rotatable bonds is 6. The smallest absolute Gasteiger partial charge is 0.416 e. The van der Waals surface area contributed by atoms with Gasteiger partial charge in [-0.2, -0.15) is 13.2 Å². The summed E-state index contributed by atoms with van der Waals surface area (Å²) >= 11 is 0. The third-order valence-electron chi connectivity index (χ3n) is 10.7. The van der Waals surface area contributed by atoms with Gasteiger partial charge >= 0.3 is 18.4 Å². The molecule has 5 amide bonds. The number of carbonyl (C=O) groups excluding carboxylic acids is 5. The molecule has 0 radical (unpaired) electrons. The fraction of sp³-hybridized carbons (Fsp3) is 0.525. The van der Waals surface area contributed by atoms with Gasteiger partial charge in [0.2, 0.25) is 21.8 Å².